The molecule has 0 aliphatic rings. The fourth-order valence-electron chi connectivity index (χ4n) is 3.85. The van der Waals surface area contributed by atoms with E-state index in [1.54, 1.807) is 0 Å². The van der Waals surface area contributed by atoms with Crippen LogP contribution in [0.3, 0.4) is 0 Å². The maximum Gasteiger partial charge on any atom is 0.126 e. The van der Waals surface area contributed by atoms with Gasteiger partial charge in [0, 0.05) is 22.3 Å². The third-order valence-electron chi connectivity index (χ3n) is 5.14. The zero-order valence-electron chi connectivity index (χ0n) is 16.7. The summed E-state index contributed by atoms with van der Waals surface area (Å²) in [6.45, 7) is 1.95. The van der Waals surface area contributed by atoms with Gasteiger partial charge in [0.05, 0.1) is 16.9 Å². The molecule has 0 radical (unpaired) electrons. The first-order chi connectivity index (χ1) is 14.8. The monoisotopic (exact) mass is 387 g/mol. The van der Waals surface area contributed by atoms with Gasteiger partial charge in [-0.05, 0) is 43.3 Å². The van der Waals surface area contributed by atoms with Gasteiger partial charge in [0.2, 0.25) is 0 Å². The first-order valence-electron chi connectivity index (χ1n) is 10.0. The number of hydrogen-bond acceptors (Lipinski definition) is 3. The third kappa shape index (κ3) is 3.31. The van der Waals surface area contributed by atoms with Gasteiger partial charge in [-0.15, -0.1) is 0 Å². The Labute approximate surface area is 176 Å². The first-order valence-corrected chi connectivity index (χ1v) is 10.0. The van der Waals surface area contributed by atoms with Crippen LogP contribution in [0.5, 0.6) is 0 Å². The van der Waals surface area contributed by atoms with E-state index in [4.69, 9.17) is 4.98 Å². The summed E-state index contributed by atoms with van der Waals surface area (Å²) in [5.74, 6) is 0.768. The second-order valence-corrected chi connectivity index (χ2v) is 7.16. The number of nitrogens with zero attached hydrogens (tertiary/aromatic N) is 3. The Bertz CT molecular complexity index is 1260. The van der Waals surface area contributed by atoms with Crippen LogP contribution in [0.15, 0.2) is 109 Å². The molecule has 1 heterocycles. The van der Waals surface area contributed by atoms with Crippen LogP contribution in [0, 0.1) is 6.92 Å². The van der Waals surface area contributed by atoms with Crippen molar-refractivity contribution in [3.8, 4) is 11.3 Å². The van der Waals surface area contributed by atoms with E-state index in [-0.39, 0.29) is 0 Å². The molecule has 0 fully saturated rings. The topological polar surface area (TPSA) is 29.0 Å². The van der Waals surface area contributed by atoms with Crippen LogP contribution in [0.4, 0.5) is 17.1 Å². The molecule has 3 heteroatoms. The van der Waals surface area contributed by atoms with Gasteiger partial charge in [0.15, 0.2) is 0 Å². The van der Waals surface area contributed by atoms with Gasteiger partial charge in [-0.2, -0.15) is 0 Å². The van der Waals surface area contributed by atoms with E-state index in [0.29, 0.717) is 0 Å². The van der Waals surface area contributed by atoms with Crippen molar-refractivity contribution in [1.82, 2.24) is 9.97 Å². The summed E-state index contributed by atoms with van der Waals surface area (Å²) < 4.78 is 0. The number of benzene rings is 4. The zero-order chi connectivity index (χ0) is 20.3. The Kier molecular flexibility index (Phi) is 4.70. The van der Waals surface area contributed by atoms with E-state index in [0.717, 1.165) is 45.0 Å². The molecule has 0 spiro atoms. The van der Waals surface area contributed by atoms with E-state index >= 15 is 0 Å². The molecule has 0 amide bonds. The molecule has 0 N–H and O–H groups in total. The quantitative estimate of drug-likeness (QED) is 0.330. The standard InChI is InChI=1S/C27H21N3/c1-20-28-25-18-10-8-16-23(25)27(29-20)24-17-9-11-19-26(24)30(21-12-4-2-5-13-21)22-14-6-3-7-15-22/h2-19H,1H3. The SMILES string of the molecule is Cc1nc(-c2ccccc2N(c2ccccc2)c2ccccc2)c2ccccc2n1. The lowest BCUT2D eigenvalue weighted by Gasteiger charge is -2.27. The van der Waals surface area contributed by atoms with Gasteiger partial charge in [-0.1, -0.05) is 72.8 Å². The Hall–Kier alpha value is -3.98. The highest BCUT2D eigenvalue weighted by molar-refractivity contribution is 5.98. The van der Waals surface area contributed by atoms with Gasteiger partial charge in [-0.3, -0.25) is 0 Å². The molecule has 0 bridgehead atoms. The Balaban J connectivity index is 1.79. The molecule has 4 aromatic carbocycles. The van der Waals surface area contributed by atoms with Crippen LogP contribution in [-0.4, -0.2) is 9.97 Å². The van der Waals surface area contributed by atoms with Crippen molar-refractivity contribution >= 4 is 28.0 Å². The van der Waals surface area contributed by atoms with Crippen molar-refractivity contribution in [2.75, 3.05) is 4.90 Å². The summed E-state index contributed by atoms with van der Waals surface area (Å²) in [5.41, 5.74) is 6.27. The van der Waals surface area contributed by atoms with Crippen molar-refractivity contribution in [3.63, 3.8) is 0 Å². The second-order valence-electron chi connectivity index (χ2n) is 7.16. The number of hydrogen-bond donors (Lipinski definition) is 0. The lowest BCUT2D eigenvalue weighted by atomic mass is 10.0. The van der Waals surface area contributed by atoms with Crippen molar-refractivity contribution in [1.29, 1.82) is 0 Å². The molecular weight excluding hydrogens is 366 g/mol. The number of aromatic nitrogens is 2. The average molecular weight is 387 g/mol. The van der Waals surface area contributed by atoms with Crippen molar-refractivity contribution in [2.45, 2.75) is 6.92 Å². The van der Waals surface area contributed by atoms with E-state index < -0.39 is 0 Å². The summed E-state index contributed by atoms with van der Waals surface area (Å²) >= 11 is 0. The summed E-state index contributed by atoms with van der Waals surface area (Å²) in [7, 11) is 0. The lowest BCUT2D eigenvalue weighted by Crippen LogP contribution is -2.11. The molecule has 144 valence electrons. The molecule has 5 rings (SSSR count). The van der Waals surface area contributed by atoms with Crippen LogP contribution < -0.4 is 4.90 Å². The van der Waals surface area contributed by atoms with E-state index in [2.05, 4.69) is 88.7 Å². The molecule has 0 saturated carbocycles. The predicted molar refractivity (Wildman–Crippen MR) is 124 cm³/mol. The molecule has 0 atom stereocenters. The number of fused-ring (bicyclic) bond motifs is 1. The van der Waals surface area contributed by atoms with Crippen molar-refractivity contribution < 1.29 is 0 Å². The molecule has 5 aromatic rings. The normalized spacial score (nSPS) is 10.8. The van der Waals surface area contributed by atoms with E-state index in [9.17, 15) is 0 Å². The first kappa shape index (κ1) is 18.1. The number of aryl methyl sites for hydroxylation is 1. The zero-order valence-corrected chi connectivity index (χ0v) is 16.7. The van der Waals surface area contributed by atoms with Crippen LogP contribution >= 0.6 is 0 Å². The molecule has 0 unspecified atom stereocenters. The van der Waals surface area contributed by atoms with Gasteiger partial charge in [0.25, 0.3) is 0 Å². The minimum absolute atomic E-state index is 0.768. The molecule has 0 saturated heterocycles. The summed E-state index contributed by atoms with van der Waals surface area (Å²) in [5, 5.41) is 1.05. The lowest BCUT2D eigenvalue weighted by molar-refractivity contribution is 1.09. The fourth-order valence-corrected chi connectivity index (χ4v) is 3.85. The van der Waals surface area contributed by atoms with Crippen LogP contribution in [0.1, 0.15) is 5.82 Å². The number of anilines is 3. The summed E-state index contributed by atoms with van der Waals surface area (Å²) in [6.07, 6.45) is 0. The van der Waals surface area contributed by atoms with Crippen LogP contribution in [0.25, 0.3) is 22.2 Å². The van der Waals surface area contributed by atoms with Gasteiger partial charge < -0.3 is 4.90 Å². The number of para-hydroxylation sites is 4. The average Bonchev–Trinajstić information content (AvgIpc) is 2.80. The Morgan fingerprint density at radius 1 is 0.567 bits per heavy atom. The minimum atomic E-state index is 0.768. The highest BCUT2D eigenvalue weighted by Crippen LogP contribution is 2.41. The Morgan fingerprint density at radius 3 is 1.83 bits per heavy atom. The maximum atomic E-state index is 4.86. The fraction of sp³-hybridized carbons (Fsp3) is 0.0370. The molecular formula is C27H21N3. The summed E-state index contributed by atoms with van der Waals surface area (Å²) in [4.78, 5) is 11.8. The molecule has 0 aliphatic carbocycles. The highest BCUT2D eigenvalue weighted by atomic mass is 15.1. The van der Waals surface area contributed by atoms with E-state index in [1.807, 2.05) is 37.3 Å². The second kappa shape index (κ2) is 7.80. The van der Waals surface area contributed by atoms with Crippen LogP contribution in [-0.2, 0) is 0 Å². The smallest absolute Gasteiger partial charge is 0.126 e. The maximum absolute atomic E-state index is 4.86. The van der Waals surface area contributed by atoms with Crippen LogP contribution in [0.2, 0.25) is 0 Å². The van der Waals surface area contributed by atoms with Gasteiger partial charge in [0.1, 0.15) is 5.82 Å². The Morgan fingerprint density at radius 2 is 1.13 bits per heavy atom. The molecule has 30 heavy (non-hydrogen) atoms. The predicted octanol–water partition coefficient (Wildman–Crippen LogP) is 7.08. The van der Waals surface area contributed by atoms with Gasteiger partial charge in [-0.25, -0.2) is 9.97 Å². The van der Waals surface area contributed by atoms with Crippen molar-refractivity contribution in [3.05, 3.63) is 115 Å². The highest BCUT2D eigenvalue weighted by Gasteiger charge is 2.18. The summed E-state index contributed by atoms with van der Waals surface area (Å²) in [6, 6.07) is 37.5. The molecule has 1 aromatic heterocycles. The van der Waals surface area contributed by atoms with E-state index in [1.165, 1.54) is 0 Å². The van der Waals surface area contributed by atoms with Crippen molar-refractivity contribution in [2.24, 2.45) is 0 Å². The van der Waals surface area contributed by atoms with Gasteiger partial charge >= 0.3 is 0 Å². The third-order valence-corrected chi connectivity index (χ3v) is 5.14. The molecule has 0 aliphatic heterocycles. The largest absolute Gasteiger partial charge is 0.310 e. The molecule has 3 nitrogen and oxygen atoms in total. The minimum Gasteiger partial charge on any atom is -0.310 e. The number of rotatable bonds is 4.